The molecule has 4 aromatic rings. The van der Waals surface area contributed by atoms with Gasteiger partial charge in [-0.3, -0.25) is 0 Å². The number of aliphatic imine (C=N–C) groups is 1. The molecule has 10 heteroatoms. The van der Waals surface area contributed by atoms with Gasteiger partial charge in [0, 0.05) is 30.2 Å². The van der Waals surface area contributed by atoms with Gasteiger partial charge in [-0.25, -0.2) is 14.6 Å². The van der Waals surface area contributed by atoms with Crippen LogP contribution in [-0.2, 0) is 9.53 Å². The van der Waals surface area contributed by atoms with Crippen molar-refractivity contribution in [3.8, 4) is 11.5 Å². The van der Waals surface area contributed by atoms with Crippen molar-refractivity contribution in [2.24, 2.45) is 4.99 Å². The fourth-order valence-electron chi connectivity index (χ4n) is 3.46. The number of rotatable bonds is 5. The molecule has 0 unspecified atom stereocenters. The summed E-state index contributed by atoms with van der Waals surface area (Å²) in [6.45, 7) is 0. The Morgan fingerprint density at radius 2 is 1.78 bits per heavy atom. The highest BCUT2D eigenvalue weighted by atomic mass is 79.9. The Balaban J connectivity index is 1.46. The van der Waals surface area contributed by atoms with Crippen LogP contribution in [0, 0.1) is 0 Å². The van der Waals surface area contributed by atoms with E-state index in [1.807, 2.05) is 18.2 Å². The number of nitrogens with zero attached hydrogens (tertiary/aromatic N) is 1. The summed E-state index contributed by atoms with van der Waals surface area (Å²) in [5, 5.41) is 1.10. The van der Waals surface area contributed by atoms with Crippen molar-refractivity contribution in [2.45, 2.75) is 0 Å². The molecular formula is C26H14Br2ClNO5S. The summed E-state index contributed by atoms with van der Waals surface area (Å²) in [6.07, 6.45) is 1.51. The van der Waals surface area contributed by atoms with Crippen LogP contribution >= 0.6 is 54.8 Å². The molecule has 0 atom stereocenters. The normalized spacial score (nSPS) is 14.2. The maximum absolute atomic E-state index is 13.0. The number of carbonyl (C=O) groups is 2. The van der Waals surface area contributed by atoms with Gasteiger partial charge in [0.05, 0.1) is 12.1 Å². The Kier molecular flexibility index (Phi) is 6.98. The number of thiophene rings is 1. The molecule has 0 saturated carbocycles. The number of carbonyl (C=O) groups excluding carboxylic acids is 2. The van der Waals surface area contributed by atoms with Crippen molar-refractivity contribution < 1.29 is 23.8 Å². The van der Waals surface area contributed by atoms with E-state index >= 15 is 0 Å². The maximum atomic E-state index is 13.0. The molecule has 0 amide bonds. The first-order valence-electron chi connectivity index (χ1n) is 10.4. The monoisotopic (exact) mass is 645 g/mol. The fraction of sp³-hybridized carbons (Fsp3) is 0.0385. The van der Waals surface area contributed by atoms with Crippen LogP contribution in [0.1, 0.15) is 20.8 Å². The van der Waals surface area contributed by atoms with Crippen LogP contribution in [0.5, 0.6) is 11.5 Å². The minimum atomic E-state index is -0.615. The molecule has 36 heavy (non-hydrogen) atoms. The lowest BCUT2D eigenvalue weighted by molar-refractivity contribution is -0.129. The minimum Gasteiger partial charge on any atom is -0.497 e. The van der Waals surface area contributed by atoms with Crippen molar-refractivity contribution in [2.75, 3.05) is 7.11 Å². The highest BCUT2D eigenvalue weighted by Crippen LogP contribution is 2.38. The van der Waals surface area contributed by atoms with Crippen LogP contribution in [0.4, 0.5) is 0 Å². The molecule has 6 nitrogen and oxygen atoms in total. The number of benzene rings is 3. The van der Waals surface area contributed by atoms with Gasteiger partial charge in [-0.2, -0.15) is 0 Å². The molecule has 0 aliphatic carbocycles. The second-order valence-corrected chi connectivity index (χ2v) is 10.8. The van der Waals surface area contributed by atoms with E-state index in [0.717, 1.165) is 19.0 Å². The molecule has 0 spiro atoms. The predicted molar refractivity (Wildman–Crippen MR) is 147 cm³/mol. The first-order chi connectivity index (χ1) is 17.3. The molecule has 2 heterocycles. The van der Waals surface area contributed by atoms with E-state index in [-0.39, 0.29) is 22.2 Å². The van der Waals surface area contributed by atoms with Crippen LogP contribution in [0.25, 0.3) is 16.2 Å². The Bertz CT molecular complexity index is 1590. The van der Waals surface area contributed by atoms with Gasteiger partial charge in [0.15, 0.2) is 5.70 Å². The summed E-state index contributed by atoms with van der Waals surface area (Å²) in [5.74, 6) is -0.129. The van der Waals surface area contributed by atoms with E-state index in [9.17, 15) is 9.59 Å². The third kappa shape index (κ3) is 4.97. The van der Waals surface area contributed by atoms with Crippen LogP contribution < -0.4 is 9.47 Å². The van der Waals surface area contributed by atoms with Gasteiger partial charge in [-0.1, -0.05) is 49.5 Å². The third-order valence-electron chi connectivity index (χ3n) is 5.20. The van der Waals surface area contributed by atoms with Crippen molar-refractivity contribution in [1.29, 1.82) is 0 Å². The number of halogens is 3. The van der Waals surface area contributed by atoms with E-state index in [1.165, 1.54) is 17.4 Å². The van der Waals surface area contributed by atoms with Gasteiger partial charge < -0.3 is 14.2 Å². The molecule has 0 fully saturated rings. The zero-order chi connectivity index (χ0) is 25.4. The number of methoxy groups -OCH3 is 1. The molecule has 1 aliphatic rings. The van der Waals surface area contributed by atoms with Crippen molar-refractivity contribution in [3.63, 3.8) is 0 Å². The largest absolute Gasteiger partial charge is 0.497 e. The standard InChI is InChI=1S/C26H14Br2ClNO5S/c1-33-17-6-2-13(3-7-17)24-30-19(25(31)35-24)11-14-10-15(27)5-9-20(14)34-26(32)23-22(29)18-8-4-16(28)12-21(18)36-23/h2-12H,1H3/b19-11+. The van der Waals surface area contributed by atoms with Gasteiger partial charge >= 0.3 is 11.9 Å². The van der Waals surface area contributed by atoms with E-state index in [4.69, 9.17) is 25.8 Å². The molecule has 180 valence electrons. The summed E-state index contributed by atoms with van der Waals surface area (Å²) in [5.41, 5.74) is 1.16. The lowest BCUT2D eigenvalue weighted by Crippen LogP contribution is -2.08. The average molecular weight is 648 g/mol. The third-order valence-corrected chi connectivity index (χ3v) is 7.82. The molecule has 1 aromatic heterocycles. The molecule has 3 aromatic carbocycles. The molecule has 5 rings (SSSR count). The number of ether oxygens (including phenoxy) is 3. The second-order valence-electron chi connectivity index (χ2n) is 7.52. The van der Waals surface area contributed by atoms with Gasteiger partial charge in [-0.15, -0.1) is 11.3 Å². The Morgan fingerprint density at radius 1 is 1.06 bits per heavy atom. The summed E-state index contributed by atoms with van der Waals surface area (Å²) in [4.78, 5) is 30.2. The van der Waals surface area contributed by atoms with E-state index < -0.39 is 11.9 Å². The van der Waals surface area contributed by atoms with Crippen LogP contribution in [-0.4, -0.2) is 24.9 Å². The first kappa shape index (κ1) is 24.7. The van der Waals surface area contributed by atoms with Gasteiger partial charge in [-0.05, 0) is 60.7 Å². The molecule has 0 bridgehead atoms. The van der Waals surface area contributed by atoms with Gasteiger partial charge in [0.25, 0.3) is 0 Å². The lowest BCUT2D eigenvalue weighted by atomic mass is 10.1. The van der Waals surface area contributed by atoms with Gasteiger partial charge in [0.2, 0.25) is 5.90 Å². The number of fused-ring (bicyclic) bond motifs is 1. The summed E-state index contributed by atoms with van der Waals surface area (Å²) in [7, 11) is 1.57. The predicted octanol–water partition coefficient (Wildman–Crippen LogP) is 7.65. The van der Waals surface area contributed by atoms with E-state index in [1.54, 1.807) is 49.6 Å². The Hall–Kier alpha value is -2.98. The molecule has 1 aliphatic heterocycles. The average Bonchev–Trinajstić information content (AvgIpc) is 3.39. The second kappa shape index (κ2) is 10.2. The van der Waals surface area contributed by atoms with Crippen molar-refractivity contribution in [3.05, 3.63) is 96.3 Å². The maximum Gasteiger partial charge on any atom is 0.363 e. The SMILES string of the molecule is COc1ccc(C2=N/C(=C/c3cc(Br)ccc3OC(=O)c3sc4cc(Br)ccc4c3Cl)C(=O)O2)cc1. The Morgan fingerprint density at radius 3 is 2.53 bits per heavy atom. The fourth-order valence-corrected chi connectivity index (χ4v) is 5.77. The molecular weight excluding hydrogens is 634 g/mol. The molecule has 0 N–H and O–H groups in total. The number of esters is 2. The van der Waals surface area contributed by atoms with Crippen LogP contribution in [0.15, 0.2) is 80.3 Å². The van der Waals surface area contributed by atoms with E-state index in [0.29, 0.717) is 21.9 Å². The topological polar surface area (TPSA) is 74.2 Å². The highest BCUT2D eigenvalue weighted by Gasteiger charge is 2.25. The van der Waals surface area contributed by atoms with Crippen molar-refractivity contribution in [1.82, 2.24) is 0 Å². The van der Waals surface area contributed by atoms with Crippen molar-refractivity contribution >= 4 is 88.8 Å². The number of cyclic esters (lactones) is 1. The zero-order valence-electron chi connectivity index (χ0n) is 18.4. The smallest absolute Gasteiger partial charge is 0.363 e. The summed E-state index contributed by atoms with van der Waals surface area (Å²) in [6, 6.07) is 17.6. The Labute approximate surface area is 231 Å². The summed E-state index contributed by atoms with van der Waals surface area (Å²) >= 11 is 14.6. The highest BCUT2D eigenvalue weighted by molar-refractivity contribution is 9.10. The lowest BCUT2D eigenvalue weighted by Gasteiger charge is -2.08. The molecule has 0 saturated heterocycles. The van der Waals surface area contributed by atoms with Crippen LogP contribution in [0.3, 0.4) is 0 Å². The summed E-state index contributed by atoms with van der Waals surface area (Å²) < 4.78 is 18.7. The number of hydrogen-bond acceptors (Lipinski definition) is 7. The molecule has 0 radical (unpaired) electrons. The van der Waals surface area contributed by atoms with Gasteiger partial charge in [0.1, 0.15) is 16.4 Å². The number of hydrogen-bond donors (Lipinski definition) is 0. The quantitative estimate of drug-likeness (QED) is 0.126. The zero-order valence-corrected chi connectivity index (χ0v) is 23.1. The minimum absolute atomic E-state index is 0.0703. The van der Waals surface area contributed by atoms with E-state index in [2.05, 4.69) is 36.9 Å². The first-order valence-corrected chi connectivity index (χ1v) is 13.2. The van der Waals surface area contributed by atoms with Crippen LogP contribution in [0.2, 0.25) is 5.02 Å².